The fraction of sp³-hybridized carbons (Fsp3) is 0.265. The largest absolute Gasteiger partial charge is 0.505 e. The Labute approximate surface area is 279 Å². The number of benzene rings is 2. The van der Waals surface area contributed by atoms with E-state index in [1.165, 1.54) is 28.0 Å². The lowest BCUT2D eigenvalue weighted by Crippen LogP contribution is -2.29. The van der Waals surface area contributed by atoms with Gasteiger partial charge in [0, 0.05) is 17.0 Å². The van der Waals surface area contributed by atoms with Gasteiger partial charge in [0.2, 0.25) is 5.13 Å². The number of carbonyl (C=O) groups excluding carboxylic acids is 2. The van der Waals surface area contributed by atoms with Crippen LogP contribution < -0.4 is 9.64 Å². The zero-order valence-corrected chi connectivity index (χ0v) is 28.0. The average molecular weight is 674 g/mol. The number of ether oxygens (including phenoxy) is 1. The van der Waals surface area contributed by atoms with Crippen LogP contribution in [0.2, 0.25) is 5.02 Å². The molecule has 4 heterocycles. The van der Waals surface area contributed by atoms with E-state index in [2.05, 4.69) is 22.1 Å². The van der Waals surface area contributed by atoms with E-state index < -0.39 is 17.7 Å². The summed E-state index contributed by atoms with van der Waals surface area (Å²) in [5.74, 6) is -0.649. The number of thioether (sulfide) groups is 1. The molecule has 1 aliphatic rings. The summed E-state index contributed by atoms with van der Waals surface area (Å²) in [4.78, 5) is 33.5. The summed E-state index contributed by atoms with van der Waals surface area (Å²) in [6.07, 6.45) is 4.97. The van der Waals surface area contributed by atoms with Crippen molar-refractivity contribution in [2.75, 3.05) is 11.5 Å². The van der Waals surface area contributed by atoms with Crippen LogP contribution >= 0.6 is 34.7 Å². The van der Waals surface area contributed by atoms with E-state index in [0.717, 1.165) is 30.4 Å². The molecule has 3 aromatic heterocycles. The molecule has 2 aromatic carbocycles. The van der Waals surface area contributed by atoms with Crippen molar-refractivity contribution in [2.24, 2.45) is 0 Å². The van der Waals surface area contributed by atoms with Crippen molar-refractivity contribution in [1.82, 2.24) is 19.6 Å². The van der Waals surface area contributed by atoms with Crippen LogP contribution in [0.5, 0.6) is 5.75 Å². The lowest BCUT2D eigenvalue weighted by atomic mass is 9.96. The van der Waals surface area contributed by atoms with Crippen LogP contribution in [0.15, 0.2) is 76.8 Å². The Balaban J connectivity index is 1.39. The maximum absolute atomic E-state index is 13.8. The molecule has 6 rings (SSSR count). The third kappa shape index (κ3) is 6.27. The van der Waals surface area contributed by atoms with Crippen LogP contribution in [0.25, 0.3) is 11.4 Å². The molecular weight excluding hydrogens is 642 g/mol. The number of aryl methyl sites for hydroxylation is 2. The number of nitrogens with zero attached hydrogens (tertiary/aromatic N) is 5. The topological polar surface area (TPSA) is 110 Å². The molecule has 0 saturated carbocycles. The smallest absolute Gasteiger partial charge is 0.301 e. The van der Waals surface area contributed by atoms with E-state index in [4.69, 9.17) is 16.3 Å². The SMILES string of the molecule is CCCCCOc1ccc(C2C(=C(O)c3nc4c(C)cccn4c3C)C(=O)C(=O)N2c2nnc(SCc3ccc(Cl)cc3)s2)cc1. The Hall–Kier alpha value is -4.19. The van der Waals surface area contributed by atoms with E-state index in [1.807, 2.05) is 85.1 Å². The first-order valence-corrected chi connectivity index (χ1v) is 17.1. The van der Waals surface area contributed by atoms with Gasteiger partial charge in [0.25, 0.3) is 5.78 Å². The number of amides is 1. The van der Waals surface area contributed by atoms with Gasteiger partial charge in [-0.1, -0.05) is 84.8 Å². The van der Waals surface area contributed by atoms with E-state index in [1.54, 1.807) is 0 Å². The summed E-state index contributed by atoms with van der Waals surface area (Å²) in [6.45, 7) is 6.48. The Morgan fingerprint density at radius 2 is 1.80 bits per heavy atom. The third-order valence-corrected chi connectivity index (χ3v) is 10.2. The minimum Gasteiger partial charge on any atom is -0.505 e. The second-order valence-corrected chi connectivity index (χ2v) is 13.6. The molecule has 236 valence electrons. The summed E-state index contributed by atoms with van der Waals surface area (Å²) < 4.78 is 8.39. The number of aliphatic hydroxyl groups is 1. The van der Waals surface area contributed by atoms with Crippen LogP contribution in [-0.4, -0.2) is 43.0 Å². The number of carbonyl (C=O) groups is 2. The molecule has 46 heavy (non-hydrogen) atoms. The molecule has 1 N–H and O–H groups in total. The third-order valence-electron chi connectivity index (χ3n) is 7.84. The molecule has 1 unspecified atom stereocenters. The molecule has 1 amide bonds. The normalized spacial score (nSPS) is 16.1. The molecule has 0 aliphatic carbocycles. The van der Waals surface area contributed by atoms with Crippen molar-refractivity contribution in [1.29, 1.82) is 0 Å². The number of rotatable bonds is 11. The van der Waals surface area contributed by atoms with Crippen LogP contribution in [0.1, 0.15) is 60.3 Å². The Morgan fingerprint density at radius 3 is 2.52 bits per heavy atom. The summed E-state index contributed by atoms with van der Waals surface area (Å²) in [5, 5.41) is 21.3. The van der Waals surface area contributed by atoms with Crippen LogP contribution in [0, 0.1) is 13.8 Å². The summed E-state index contributed by atoms with van der Waals surface area (Å²) in [7, 11) is 0. The van der Waals surface area contributed by atoms with Gasteiger partial charge in [-0.05, 0) is 67.3 Å². The molecule has 9 nitrogen and oxygen atoms in total. The molecule has 0 bridgehead atoms. The van der Waals surface area contributed by atoms with Crippen LogP contribution in [0.4, 0.5) is 5.13 Å². The molecule has 1 atom stereocenters. The summed E-state index contributed by atoms with van der Waals surface area (Å²) in [5.41, 5.74) is 4.07. The van der Waals surface area contributed by atoms with Gasteiger partial charge in [-0.2, -0.15) is 0 Å². The molecule has 0 spiro atoms. The van der Waals surface area contributed by atoms with Crippen molar-refractivity contribution in [3.05, 3.63) is 106 Å². The van der Waals surface area contributed by atoms with Crippen molar-refractivity contribution in [3.8, 4) is 5.75 Å². The van der Waals surface area contributed by atoms with Gasteiger partial charge >= 0.3 is 5.91 Å². The van der Waals surface area contributed by atoms with Gasteiger partial charge in [0.05, 0.1) is 23.9 Å². The summed E-state index contributed by atoms with van der Waals surface area (Å²) >= 11 is 8.70. The Bertz CT molecular complexity index is 1940. The van der Waals surface area contributed by atoms with E-state index in [0.29, 0.717) is 44.4 Å². The fourth-order valence-corrected chi connectivity index (χ4v) is 7.34. The number of anilines is 1. The minimum atomic E-state index is -0.957. The lowest BCUT2D eigenvalue weighted by Gasteiger charge is -2.22. The highest BCUT2D eigenvalue weighted by molar-refractivity contribution is 8.00. The number of hydrogen-bond acceptors (Lipinski definition) is 9. The molecule has 1 aliphatic heterocycles. The zero-order chi connectivity index (χ0) is 32.4. The molecule has 0 radical (unpaired) electrons. The second kappa shape index (κ2) is 13.7. The van der Waals surface area contributed by atoms with Crippen LogP contribution in [-0.2, 0) is 15.3 Å². The van der Waals surface area contributed by atoms with Gasteiger partial charge in [-0.3, -0.25) is 14.5 Å². The maximum Gasteiger partial charge on any atom is 0.301 e. The quantitative estimate of drug-likeness (QED) is 0.0376. The molecular formula is C34H32ClN5O4S2. The number of Topliss-reactive ketones (excluding diaryl/α,β-unsaturated/α-hetero) is 1. The number of hydrogen-bond donors (Lipinski definition) is 1. The van der Waals surface area contributed by atoms with Gasteiger partial charge in [-0.25, -0.2) is 4.98 Å². The van der Waals surface area contributed by atoms with Gasteiger partial charge in [-0.15, -0.1) is 10.2 Å². The number of ketones is 1. The first-order valence-electron chi connectivity index (χ1n) is 15.0. The van der Waals surface area contributed by atoms with Crippen molar-refractivity contribution < 1.29 is 19.4 Å². The second-order valence-electron chi connectivity index (χ2n) is 11.0. The number of fused-ring (bicyclic) bond motifs is 1. The van der Waals surface area contributed by atoms with Crippen LogP contribution in [0.3, 0.4) is 0 Å². The summed E-state index contributed by atoms with van der Waals surface area (Å²) in [6, 6.07) is 17.6. The number of imidazole rings is 1. The highest BCUT2D eigenvalue weighted by Gasteiger charge is 2.49. The first kappa shape index (κ1) is 31.8. The number of pyridine rings is 1. The zero-order valence-electron chi connectivity index (χ0n) is 25.6. The predicted octanol–water partition coefficient (Wildman–Crippen LogP) is 7.94. The maximum atomic E-state index is 13.8. The number of halogens is 1. The predicted molar refractivity (Wildman–Crippen MR) is 182 cm³/mol. The Morgan fingerprint density at radius 1 is 1.04 bits per heavy atom. The number of aliphatic hydroxyl groups excluding tert-OH is 1. The van der Waals surface area contributed by atoms with Gasteiger partial charge in [0.15, 0.2) is 10.1 Å². The average Bonchev–Trinajstić information content (AvgIpc) is 3.74. The monoisotopic (exact) mass is 673 g/mol. The Kier molecular flexibility index (Phi) is 9.44. The molecule has 1 saturated heterocycles. The van der Waals surface area contributed by atoms with Crippen molar-refractivity contribution in [3.63, 3.8) is 0 Å². The van der Waals surface area contributed by atoms with E-state index in [-0.39, 0.29) is 22.2 Å². The molecule has 1 fully saturated rings. The first-order chi connectivity index (χ1) is 22.3. The highest BCUT2D eigenvalue weighted by atomic mass is 35.5. The van der Waals surface area contributed by atoms with Crippen molar-refractivity contribution >= 4 is 62.9 Å². The lowest BCUT2D eigenvalue weighted by molar-refractivity contribution is -0.132. The minimum absolute atomic E-state index is 0.0589. The fourth-order valence-electron chi connectivity index (χ4n) is 5.39. The van der Waals surface area contributed by atoms with Gasteiger partial charge < -0.3 is 14.2 Å². The molecule has 12 heteroatoms. The van der Waals surface area contributed by atoms with E-state index >= 15 is 0 Å². The molecule has 5 aromatic rings. The highest BCUT2D eigenvalue weighted by Crippen LogP contribution is 2.44. The number of aromatic nitrogens is 4. The standard InChI is InChI=1S/C34H32ClN5O4S2/c1-4-5-6-18-44-25-15-11-23(12-16-25)28-26(29(41)27-21(3)39-17-7-8-20(2)31(39)36-27)30(42)32(43)40(28)33-37-38-34(46-33)45-19-22-9-13-24(35)14-10-22/h7-17,28,41H,4-6,18-19H2,1-3H3. The number of unbranched alkanes of at least 4 members (excludes halogenated alkanes) is 2. The van der Waals surface area contributed by atoms with Crippen molar-refractivity contribution in [2.45, 2.75) is 56.2 Å². The van der Waals surface area contributed by atoms with Gasteiger partial charge in [0.1, 0.15) is 17.1 Å². The van der Waals surface area contributed by atoms with E-state index in [9.17, 15) is 14.7 Å².